The summed E-state index contributed by atoms with van der Waals surface area (Å²) in [6.45, 7) is 1.79. The summed E-state index contributed by atoms with van der Waals surface area (Å²) in [6, 6.07) is 11.2. The second-order valence-electron chi connectivity index (χ2n) is 4.24. The number of halogens is 1. The maximum atomic E-state index is 12.3. The predicted octanol–water partition coefficient (Wildman–Crippen LogP) is 3.46. The lowest BCUT2D eigenvalue weighted by Gasteiger charge is -2.11. The standard InChI is InChI=1S/C14H14ClNO3S/c1-10-9-11(15)3-8-14(10)16-20(17,18)13-6-4-12(19-2)5-7-13/h3-9,16H,1-2H3. The van der Waals surface area contributed by atoms with Gasteiger partial charge in [-0.3, -0.25) is 4.72 Å². The SMILES string of the molecule is COc1ccc(S(=O)(=O)Nc2ccc(Cl)cc2C)cc1. The summed E-state index contributed by atoms with van der Waals surface area (Å²) in [6.07, 6.45) is 0. The van der Waals surface area contributed by atoms with Crippen molar-refractivity contribution in [3.63, 3.8) is 0 Å². The van der Waals surface area contributed by atoms with Crippen molar-refractivity contribution in [3.05, 3.63) is 53.1 Å². The fourth-order valence-corrected chi connectivity index (χ4v) is 3.06. The summed E-state index contributed by atoms with van der Waals surface area (Å²) in [4.78, 5) is 0.174. The van der Waals surface area contributed by atoms with Crippen molar-refractivity contribution in [2.24, 2.45) is 0 Å². The van der Waals surface area contributed by atoms with Crippen molar-refractivity contribution in [2.75, 3.05) is 11.8 Å². The quantitative estimate of drug-likeness (QED) is 0.940. The highest BCUT2D eigenvalue weighted by atomic mass is 35.5. The second-order valence-corrected chi connectivity index (χ2v) is 6.36. The Morgan fingerprint density at radius 2 is 1.75 bits per heavy atom. The summed E-state index contributed by atoms with van der Waals surface area (Å²) in [5.74, 6) is 0.603. The van der Waals surface area contributed by atoms with Crippen LogP contribution in [-0.2, 0) is 10.0 Å². The molecule has 0 aliphatic rings. The van der Waals surface area contributed by atoms with Crippen LogP contribution in [0.4, 0.5) is 5.69 Å². The minimum Gasteiger partial charge on any atom is -0.497 e. The van der Waals surface area contributed by atoms with Crippen LogP contribution >= 0.6 is 11.6 Å². The zero-order valence-corrected chi connectivity index (χ0v) is 12.6. The molecule has 0 fully saturated rings. The summed E-state index contributed by atoms with van der Waals surface area (Å²) >= 11 is 5.85. The van der Waals surface area contributed by atoms with Crippen molar-refractivity contribution in [1.29, 1.82) is 0 Å². The number of aryl methyl sites for hydroxylation is 1. The van der Waals surface area contributed by atoms with E-state index in [4.69, 9.17) is 16.3 Å². The molecule has 2 aromatic carbocycles. The van der Waals surface area contributed by atoms with Crippen LogP contribution in [0.3, 0.4) is 0 Å². The highest BCUT2D eigenvalue weighted by molar-refractivity contribution is 7.92. The van der Waals surface area contributed by atoms with Crippen LogP contribution in [0, 0.1) is 6.92 Å². The molecule has 0 saturated carbocycles. The monoisotopic (exact) mass is 311 g/mol. The van der Waals surface area contributed by atoms with E-state index in [0.29, 0.717) is 16.5 Å². The van der Waals surface area contributed by atoms with Gasteiger partial charge in [0.1, 0.15) is 5.75 Å². The maximum Gasteiger partial charge on any atom is 0.261 e. The zero-order chi connectivity index (χ0) is 14.8. The van der Waals surface area contributed by atoms with Crippen LogP contribution in [0.25, 0.3) is 0 Å². The zero-order valence-electron chi connectivity index (χ0n) is 11.1. The topological polar surface area (TPSA) is 55.4 Å². The number of sulfonamides is 1. The van der Waals surface area contributed by atoms with Crippen molar-refractivity contribution in [2.45, 2.75) is 11.8 Å². The Bertz CT molecular complexity index is 712. The number of hydrogen-bond acceptors (Lipinski definition) is 3. The third kappa shape index (κ3) is 3.23. The first-order chi connectivity index (χ1) is 9.42. The van der Waals surface area contributed by atoms with E-state index in [-0.39, 0.29) is 4.90 Å². The van der Waals surface area contributed by atoms with Gasteiger partial charge in [-0.15, -0.1) is 0 Å². The molecule has 0 amide bonds. The fourth-order valence-electron chi connectivity index (χ4n) is 1.70. The van der Waals surface area contributed by atoms with Gasteiger partial charge in [0.05, 0.1) is 17.7 Å². The van der Waals surface area contributed by atoms with E-state index in [1.165, 1.54) is 19.2 Å². The molecular formula is C14H14ClNO3S. The molecule has 0 atom stereocenters. The van der Waals surface area contributed by atoms with Crippen molar-refractivity contribution < 1.29 is 13.2 Å². The van der Waals surface area contributed by atoms with E-state index in [0.717, 1.165) is 5.56 Å². The highest BCUT2D eigenvalue weighted by Crippen LogP contribution is 2.23. The molecule has 0 aliphatic carbocycles. The van der Waals surface area contributed by atoms with E-state index in [1.54, 1.807) is 37.3 Å². The number of hydrogen-bond donors (Lipinski definition) is 1. The third-order valence-electron chi connectivity index (χ3n) is 2.80. The molecule has 4 nitrogen and oxygen atoms in total. The van der Waals surface area contributed by atoms with Gasteiger partial charge >= 0.3 is 0 Å². The van der Waals surface area contributed by atoms with E-state index >= 15 is 0 Å². The minimum atomic E-state index is -3.62. The normalized spacial score (nSPS) is 11.2. The molecule has 106 valence electrons. The molecule has 1 N–H and O–H groups in total. The second kappa shape index (κ2) is 5.73. The van der Waals surface area contributed by atoms with E-state index in [2.05, 4.69) is 4.72 Å². The molecule has 0 aromatic heterocycles. The molecule has 0 spiro atoms. The first-order valence-corrected chi connectivity index (χ1v) is 7.71. The Morgan fingerprint density at radius 3 is 2.30 bits per heavy atom. The smallest absolute Gasteiger partial charge is 0.261 e. The van der Waals surface area contributed by atoms with E-state index in [9.17, 15) is 8.42 Å². The van der Waals surface area contributed by atoms with Crippen LogP contribution in [-0.4, -0.2) is 15.5 Å². The summed E-state index contributed by atoms with van der Waals surface area (Å²) in [7, 11) is -2.10. The molecule has 2 rings (SSSR count). The number of anilines is 1. The van der Waals surface area contributed by atoms with Crippen molar-refractivity contribution >= 4 is 27.3 Å². The number of ether oxygens (including phenoxy) is 1. The largest absolute Gasteiger partial charge is 0.497 e. The summed E-state index contributed by atoms with van der Waals surface area (Å²) in [5.41, 5.74) is 1.26. The van der Waals surface area contributed by atoms with E-state index in [1.807, 2.05) is 0 Å². The third-order valence-corrected chi connectivity index (χ3v) is 4.42. The minimum absolute atomic E-state index is 0.174. The van der Waals surface area contributed by atoms with Crippen molar-refractivity contribution in [1.82, 2.24) is 0 Å². The Morgan fingerprint density at radius 1 is 1.10 bits per heavy atom. The lowest BCUT2D eigenvalue weighted by Crippen LogP contribution is -2.13. The number of methoxy groups -OCH3 is 1. The van der Waals surface area contributed by atoms with Gasteiger partial charge in [0.15, 0.2) is 0 Å². The van der Waals surface area contributed by atoms with Gasteiger partial charge in [-0.1, -0.05) is 11.6 Å². The number of benzene rings is 2. The van der Waals surface area contributed by atoms with Gasteiger partial charge in [0.25, 0.3) is 10.0 Å². The molecule has 0 unspecified atom stereocenters. The summed E-state index contributed by atoms with van der Waals surface area (Å²) < 4.78 is 32.0. The molecule has 0 radical (unpaired) electrons. The van der Waals surface area contributed by atoms with E-state index < -0.39 is 10.0 Å². The van der Waals surface area contributed by atoms with Crippen molar-refractivity contribution in [3.8, 4) is 5.75 Å². The highest BCUT2D eigenvalue weighted by Gasteiger charge is 2.15. The average Bonchev–Trinajstić information content (AvgIpc) is 2.42. The van der Waals surface area contributed by atoms with Crippen LogP contribution in [0.5, 0.6) is 5.75 Å². The molecule has 2 aromatic rings. The molecule has 0 bridgehead atoms. The Labute approximate surface area is 123 Å². The van der Waals surface area contributed by atoms with Gasteiger partial charge in [0, 0.05) is 5.02 Å². The maximum absolute atomic E-state index is 12.3. The van der Waals surface area contributed by atoms with Gasteiger partial charge in [-0.05, 0) is 55.0 Å². The van der Waals surface area contributed by atoms with Crippen LogP contribution < -0.4 is 9.46 Å². The number of rotatable bonds is 4. The molecule has 6 heteroatoms. The molecule has 0 heterocycles. The van der Waals surface area contributed by atoms with Gasteiger partial charge in [0.2, 0.25) is 0 Å². The fraction of sp³-hybridized carbons (Fsp3) is 0.143. The molecule has 0 saturated heterocycles. The molecule has 20 heavy (non-hydrogen) atoms. The predicted molar refractivity (Wildman–Crippen MR) is 80.0 cm³/mol. The van der Waals surface area contributed by atoms with Crippen LogP contribution in [0.2, 0.25) is 5.02 Å². The molecule has 0 aliphatic heterocycles. The summed E-state index contributed by atoms with van der Waals surface area (Å²) in [5, 5.41) is 0.565. The van der Waals surface area contributed by atoms with Gasteiger partial charge in [-0.2, -0.15) is 0 Å². The van der Waals surface area contributed by atoms with Gasteiger partial charge < -0.3 is 4.74 Å². The first-order valence-electron chi connectivity index (χ1n) is 5.85. The lowest BCUT2D eigenvalue weighted by molar-refractivity contribution is 0.414. The first kappa shape index (κ1) is 14.7. The van der Waals surface area contributed by atoms with Gasteiger partial charge in [-0.25, -0.2) is 8.42 Å². The average molecular weight is 312 g/mol. The van der Waals surface area contributed by atoms with Crippen LogP contribution in [0.15, 0.2) is 47.4 Å². The van der Waals surface area contributed by atoms with Crippen LogP contribution in [0.1, 0.15) is 5.56 Å². The Balaban J connectivity index is 2.30. The lowest BCUT2D eigenvalue weighted by atomic mass is 10.2. The molecular weight excluding hydrogens is 298 g/mol. The Kier molecular flexibility index (Phi) is 4.20. The number of nitrogens with one attached hydrogen (secondary N) is 1. The Hall–Kier alpha value is -1.72.